The van der Waals surface area contributed by atoms with Crippen molar-refractivity contribution in [2.75, 3.05) is 40.9 Å². The maximum atomic E-state index is 13.0. The predicted molar refractivity (Wildman–Crippen MR) is 307 cm³/mol. The van der Waals surface area contributed by atoms with Crippen LogP contribution in [0.3, 0.4) is 0 Å². The molecule has 0 heterocycles. The number of amides is 1. The Morgan fingerprint density at radius 1 is 0.507 bits per heavy atom. The van der Waals surface area contributed by atoms with Gasteiger partial charge >= 0.3 is 0 Å². The van der Waals surface area contributed by atoms with Gasteiger partial charge in [-0.2, -0.15) is 0 Å². The van der Waals surface area contributed by atoms with Gasteiger partial charge in [-0.1, -0.05) is 281 Å². The summed E-state index contributed by atoms with van der Waals surface area (Å²) >= 11 is 0. The monoisotopic (exact) mass is 1020 g/mol. The number of likely N-dealkylation sites (N-methyl/N-ethyl adjacent to an activating group) is 1. The Morgan fingerprint density at radius 2 is 0.859 bits per heavy atom. The molecule has 1 amide bonds. The highest BCUT2D eigenvalue weighted by Crippen LogP contribution is 2.38. The molecule has 418 valence electrons. The van der Waals surface area contributed by atoms with E-state index in [9.17, 15) is 19.4 Å². The minimum atomic E-state index is -4.58. The standard InChI is InChI=1S/C62H119N2O6P/c1-6-8-10-12-14-16-18-20-22-24-26-28-30-32-34-36-38-40-42-44-46-48-50-52-54-56-62(66)63-60(59-70-71(67,68)69-58-57-64(3,4)5)61(65)55-53-51-49-47-45-43-41-39-37-35-33-31-29-27-25-23-21-19-17-15-13-11-9-7-2/h8,10,14,16,20,22,26,28,60-61,65H,6-7,9,11-13,15,17-19,21,23-25,27,29-59H2,1-5H3,(H-,63,66,67,68)/b10-8-,16-14-,22-20-,28-26-. The molecule has 0 aliphatic heterocycles. The topological polar surface area (TPSA) is 108 Å². The second-order valence-electron chi connectivity index (χ2n) is 22.0. The van der Waals surface area contributed by atoms with Crippen molar-refractivity contribution in [3.8, 4) is 0 Å². The van der Waals surface area contributed by atoms with Gasteiger partial charge in [0.2, 0.25) is 5.91 Å². The lowest BCUT2D eigenvalue weighted by Crippen LogP contribution is -2.46. The van der Waals surface area contributed by atoms with Crippen LogP contribution in [0.4, 0.5) is 0 Å². The number of phosphoric acid groups is 1. The molecule has 3 unspecified atom stereocenters. The molecule has 0 aromatic rings. The van der Waals surface area contributed by atoms with Crippen molar-refractivity contribution in [1.29, 1.82) is 0 Å². The van der Waals surface area contributed by atoms with E-state index in [1.165, 1.54) is 199 Å². The number of phosphoric ester groups is 1. The smallest absolute Gasteiger partial charge is 0.268 e. The first kappa shape index (κ1) is 69.5. The summed E-state index contributed by atoms with van der Waals surface area (Å²) in [5.74, 6) is -0.164. The fourth-order valence-corrected chi connectivity index (χ4v) is 9.82. The molecule has 0 fully saturated rings. The number of aliphatic hydroxyl groups excluding tert-OH is 1. The highest BCUT2D eigenvalue weighted by molar-refractivity contribution is 7.45. The molecule has 0 aliphatic rings. The van der Waals surface area contributed by atoms with Gasteiger partial charge in [-0.3, -0.25) is 9.36 Å². The van der Waals surface area contributed by atoms with E-state index in [2.05, 4.69) is 67.8 Å². The third-order valence-corrected chi connectivity index (χ3v) is 14.8. The quantitative estimate of drug-likeness (QED) is 0.0272. The molecular weight excluding hydrogens is 900 g/mol. The molecule has 0 rings (SSSR count). The summed E-state index contributed by atoms with van der Waals surface area (Å²) in [5.41, 5.74) is 0. The summed E-state index contributed by atoms with van der Waals surface area (Å²) < 4.78 is 23.5. The summed E-state index contributed by atoms with van der Waals surface area (Å²) in [6, 6.07) is -0.804. The number of carbonyl (C=O) groups excluding carboxylic acids is 1. The van der Waals surface area contributed by atoms with Crippen LogP contribution in [0.15, 0.2) is 48.6 Å². The zero-order chi connectivity index (χ0) is 52.0. The molecule has 3 atom stereocenters. The van der Waals surface area contributed by atoms with Crippen molar-refractivity contribution in [3.05, 3.63) is 48.6 Å². The lowest BCUT2D eigenvalue weighted by molar-refractivity contribution is -0.870. The number of quaternary nitrogens is 1. The molecule has 0 spiro atoms. The van der Waals surface area contributed by atoms with Gasteiger partial charge < -0.3 is 28.8 Å². The number of rotatable bonds is 56. The summed E-state index contributed by atoms with van der Waals surface area (Å²) in [6.07, 6.45) is 70.0. The maximum absolute atomic E-state index is 13.0. The van der Waals surface area contributed by atoms with Crippen LogP contribution in [0.1, 0.15) is 290 Å². The summed E-state index contributed by atoms with van der Waals surface area (Å²) in [6.45, 7) is 4.64. The Labute approximate surface area is 441 Å². The van der Waals surface area contributed by atoms with Gasteiger partial charge in [-0.25, -0.2) is 0 Å². The van der Waals surface area contributed by atoms with Crippen molar-refractivity contribution >= 4 is 13.7 Å². The lowest BCUT2D eigenvalue weighted by atomic mass is 10.0. The molecule has 0 aromatic heterocycles. The number of aliphatic hydroxyl groups is 1. The van der Waals surface area contributed by atoms with Gasteiger partial charge in [0.05, 0.1) is 39.9 Å². The van der Waals surface area contributed by atoms with Crippen molar-refractivity contribution in [2.24, 2.45) is 0 Å². The first-order valence-corrected chi connectivity index (χ1v) is 31.9. The molecule has 9 heteroatoms. The van der Waals surface area contributed by atoms with Crippen molar-refractivity contribution in [1.82, 2.24) is 5.32 Å². The van der Waals surface area contributed by atoms with Gasteiger partial charge in [0, 0.05) is 6.42 Å². The first-order chi connectivity index (χ1) is 34.5. The zero-order valence-corrected chi connectivity index (χ0v) is 48.6. The molecule has 2 N–H and O–H groups in total. The fraction of sp³-hybridized carbons (Fsp3) is 0.855. The largest absolute Gasteiger partial charge is 0.756 e. The number of carbonyl (C=O) groups is 1. The number of hydrogen-bond acceptors (Lipinski definition) is 6. The maximum Gasteiger partial charge on any atom is 0.268 e. The van der Waals surface area contributed by atoms with E-state index in [0.717, 1.165) is 64.2 Å². The summed E-state index contributed by atoms with van der Waals surface area (Å²) in [4.78, 5) is 25.6. The van der Waals surface area contributed by atoms with Crippen molar-refractivity contribution < 1.29 is 32.9 Å². The Hall–Kier alpha value is -1.54. The van der Waals surface area contributed by atoms with Crippen molar-refractivity contribution in [2.45, 2.75) is 302 Å². The van der Waals surface area contributed by atoms with E-state index in [1.807, 2.05) is 21.1 Å². The van der Waals surface area contributed by atoms with Gasteiger partial charge in [-0.05, 0) is 51.4 Å². The minimum absolute atomic E-state index is 0.0115. The van der Waals surface area contributed by atoms with Crippen LogP contribution < -0.4 is 10.2 Å². The van der Waals surface area contributed by atoms with E-state index in [4.69, 9.17) is 9.05 Å². The number of allylic oxidation sites excluding steroid dienone is 8. The third-order valence-electron chi connectivity index (χ3n) is 13.8. The molecular formula is C62H119N2O6P. The predicted octanol–water partition coefficient (Wildman–Crippen LogP) is 18.1. The number of hydrogen-bond donors (Lipinski definition) is 2. The minimum Gasteiger partial charge on any atom is -0.756 e. The van der Waals surface area contributed by atoms with Crippen LogP contribution >= 0.6 is 7.82 Å². The molecule has 0 aromatic carbocycles. The van der Waals surface area contributed by atoms with Crippen molar-refractivity contribution in [3.63, 3.8) is 0 Å². The van der Waals surface area contributed by atoms with Crippen LogP contribution in [-0.2, 0) is 18.4 Å². The molecule has 8 nitrogen and oxygen atoms in total. The zero-order valence-electron chi connectivity index (χ0n) is 47.7. The molecule has 0 aliphatic carbocycles. The Morgan fingerprint density at radius 3 is 1.25 bits per heavy atom. The van der Waals surface area contributed by atoms with Crippen LogP contribution in [0.25, 0.3) is 0 Å². The molecule has 0 saturated heterocycles. The second-order valence-corrected chi connectivity index (χ2v) is 23.4. The SMILES string of the molecule is CC/C=C\C/C=C\C/C=C\C/C=C\CCCCCCCCCCCCCCC(=O)NC(COP(=O)([O-])OCC[N+](C)(C)C)C(O)CCCCCCCCCCCCCCCCCCCCCCCCCC. The summed E-state index contributed by atoms with van der Waals surface area (Å²) in [7, 11) is 1.31. The van der Waals surface area contributed by atoms with E-state index in [0.29, 0.717) is 23.9 Å². The molecule has 0 bridgehead atoms. The number of nitrogens with one attached hydrogen (secondary N) is 1. The number of nitrogens with zero attached hydrogens (tertiary/aromatic N) is 1. The molecule has 0 saturated carbocycles. The molecule has 0 radical (unpaired) electrons. The van der Waals surface area contributed by atoms with Gasteiger partial charge in [-0.15, -0.1) is 0 Å². The second kappa shape index (κ2) is 53.3. The molecule has 71 heavy (non-hydrogen) atoms. The normalized spacial score (nSPS) is 14.2. The highest BCUT2D eigenvalue weighted by atomic mass is 31.2. The van der Waals surface area contributed by atoms with E-state index < -0.39 is 20.0 Å². The van der Waals surface area contributed by atoms with Crippen LogP contribution in [-0.4, -0.2) is 68.5 Å². The van der Waals surface area contributed by atoms with Crippen LogP contribution in [0, 0.1) is 0 Å². The van der Waals surface area contributed by atoms with Gasteiger partial charge in [0.1, 0.15) is 13.2 Å². The Bertz CT molecular complexity index is 1290. The Balaban J connectivity index is 4.13. The average molecular weight is 1020 g/mol. The van der Waals surface area contributed by atoms with Crippen LogP contribution in [0.5, 0.6) is 0 Å². The average Bonchev–Trinajstić information content (AvgIpc) is 3.33. The fourth-order valence-electron chi connectivity index (χ4n) is 9.09. The summed E-state index contributed by atoms with van der Waals surface area (Å²) in [5, 5.41) is 14.1. The lowest BCUT2D eigenvalue weighted by Gasteiger charge is -2.30. The Kier molecular flexibility index (Phi) is 52.1. The van der Waals surface area contributed by atoms with E-state index >= 15 is 0 Å². The third kappa shape index (κ3) is 56.0. The number of unbranched alkanes of at least 4 members (excludes halogenated alkanes) is 35. The van der Waals surface area contributed by atoms with E-state index in [-0.39, 0.29) is 19.1 Å². The van der Waals surface area contributed by atoms with Gasteiger partial charge in [0.25, 0.3) is 7.82 Å². The van der Waals surface area contributed by atoms with Crippen LogP contribution in [0.2, 0.25) is 0 Å². The highest BCUT2D eigenvalue weighted by Gasteiger charge is 2.24. The van der Waals surface area contributed by atoms with E-state index in [1.54, 1.807) is 0 Å². The van der Waals surface area contributed by atoms with Gasteiger partial charge in [0.15, 0.2) is 0 Å². The first-order valence-electron chi connectivity index (χ1n) is 30.5.